The number of nitrogens with zero attached hydrogens (tertiary/aromatic N) is 1. The van der Waals surface area contributed by atoms with Crippen LogP contribution in [0.2, 0.25) is 5.02 Å². The molecule has 0 radical (unpaired) electrons. The number of nitrogens with one attached hydrogen (secondary N) is 1. The lowest BCUT2D eigenvalue weighted by molar-refractivity contribution is -0.121. The lowest BCUT2D eigenvalue weighted by Crippen LogP contribution is -2.42. The van der Waals surface area contributed by atoms with Gasteiger partial charge in [0.05, 0.1) is 5.92 Å². The number of para-hydroxylation sites is 1. The van der Waals surface area contributed by atoms with Gasteiger partial charge in [-0.2, -0.15) is 0 Å². The summed E-state index contributed by atoms with van der Waals surface area (Å²) < 4.78 is 5.75. The first-order chi connectivity index (χ1) is 12.2. The Bertz CT molecular complexity index is 676. The average molecular weight is 359 g/mol. The second-order valence-corrected chi connectivity index (χ2v) is 6.73. The molecule has 1 fully saturated rings. The van der Waals surface area contributed by atoms with Gasteiger partial charge in [0.1, 0.15) is 12.4 Å². The SMILES string of the molecule is O=C(Nc1ccccc1)C1CCCN(CCOc2ccc(Cl)cc2)C1. The van der Waals surface area contributed by atoms with Crippen LogP contribution in [0.25, 0.3) is 0 Å². The first kappa shape index (κ1) is 17.8. The number of carbonyl (C=O) groups is 1. The Morgan fingerprint density at radius 3 is 2.68 bits per heavy atom. The monoisotopic (exact) mass is 358 g/mol. The summed E-state index contributed by atoms with van der Waals surface area (Å²) in [6, 6.07) is 17.0. The Labute approximate surface area is 153 Å². The lowest BCUT2D eigenvalue weighted by Gasteiger charge is -2.31. The second kappa shape index (κ2) is 8.88. The summed E-state index contributed by atoms with van der Waals surface area (Å²) in [7, 11) is 0. The first-order valence-corrected chi connectivity index (χ1v) is 9.05. The van der Waals surface area contributed by atoms with E-state index in [1.165, 1.54) is 0 Å². The van der Waals surface area contributed by atoms with Crippen molar-refractivity contribution in [2.24, 2.45) is 5.92 Å². The van der Waals surface area contributed by atoms with Crippen molar-refractivity contribution in [1.82, 2.24) is 4.90 Å². The summed E-state index contributed by atoms with van der Waals surface area (Å²) in [6.45, 7) is 3.22. The lowest BCUT2D eigenvalue weighted by atomic mass is 9.97. The van der Waals surface area contributed by atoms with E-state index in [2.05, 4.69) is 10.2 Å². The van der Waals surface area contributed by atoms with E-state index in [9.17, 15) is 4.79 Å². The van der Waals surface area contributed by atoms with Crippen LogP contribution in [0.4, 0.5) is 5.69 Å². The predicted molar refractivity (Wildman–Crippen MR) is 101 cm³/mol. The number of likely N-dealkylation sites (tertiary alicyclic amines) is 1. The van der Waals surface area contributed by atoms with E-state index in [-0.39, 0.29) is 11.8 Å². The topological polar surface area (TPSA) is 41.6 Å². The third-order valence-corrected chi connectivity index (χ3v) is 4.66. The molecule has 0 spiro atoms. The molecule has 1 N–H and O–H groups in total. The zero-order chi connectivity index (χ0) is 17.5. The number of hydrogen-bond acceptors (Lipinski definition) is 3. The minimum atomic E-state index is 0.0319. The molecule has 0 saturated carbocycles. The fourth-order valence-electron chi connectivity index (χ4n) is 3.06. The van der Waals surface area contributed by atoms with Gasteiger partial charge in [-0.3, -0.25) is 9.69 Å². The highest BCUT2D eigenvalue weighted by Gasteiger charge is 2.25. The molecule has 25 heavy (non-hydrogen) atoms. The molecule has 4 nitrogen and oxygen atoms in total. The molecule has 0 aromatic heterocycles. The molecule has 2 aromatic carbocycles. The molecule has 1 atom stereocenters. The van der Waals surface area contributed by atoms with Crippen LogP contribution in [-0.4, -0.2) is 37.0 Å². The van der Waals surface area contributed by atoms with Gasteiger partial charge >= 0.3 is 0 Å². The number of hydrogen-bond donors (Lipinski definition) is 1. The summed E-state index contributed by atoms with van der Waals surface area (Å²) in [6.07, 6.45) is 1.97. The molecule has 1 amide bonds. The van der Waals surface area contributed by atoms with Crippen LogP contribution in [0.5, 0.6) is 5.75 Å². The van der Waals surface area contributed by atoms with E-state index in [1.807, 2.05) is 54.6 Å². The molecule has 1 unspecified atom stereocenters. The number of ether oxygens (including phenoxy) is 1. The van der Waals surface area contributed by atoms with E-state index in [1.54, 1.807) is 0 Å². The van der Waals surface area contributed by atoms with E-state index >= 15 is 0 Å². The zero-order valence-electron chi connectivity index (χ0n) is 14.2. The fraction of sp³-hybridized carbons (Fsp3) is 0.350. The zero-order valence-corrected chi connectivity index (χ0v) is 14.9. The minimum absolute atomic E-state index is 0.0319. The number of benzene rings is 2. The molecular formula is C20H23ClN2O2. The molecule has 132 valence electrons. The molecular weight excluding hydrogens is 336 g/mol. The highest BCUT2D eigenvalue weighted by Crippen LogP contribution is 2.19. The van der Waals surface area contributed by atoms with Crippen LogP contribution in [0, 0.1) is 5.92 Å². The summed E-state index contributed by atoms with van der Waals surface area (Å²) >= 11 is 5.87. The van der Waals surface area contributed by atoms with Crippen molar-refractivity contribution in [1.29, 1.82) is 0 Å². The van der Waals surface area contributed by atoms with Crippen LogP contribution in [0.3, 0.4) is 0 Å². The van der Waals surface area contributed by atoms with Gasteiger partial charge in [0.2, 0.25) is 5.91 Å². The van der Waals surface area contributed by atoms with Gasteiger partial charge in [-0.1, -0.05) is 29.8 Å². The Morgan fingerprint density at radius 1 is 1.16 bits per heavy atom. The molecule has 1 saturated heterocycles. The highest BCUT2D eigenvalue weighted by molar-refractivity contribution is 6.30. The van der Waals surface area contributed by atoms with Crippen LogP contribution < -0.4 is 10.1 Å². The maximum absolute atomic E-state index is 12.5. The third-order valence-electron chi connectivity index (χ3n) is 4.41. The smallest absolute Gasteiger partial charge is 0.228 e. The van der Waals surface area contributed by atoms with Crippen molar-refractivity contribution in [3.8, 4) is 5.75 Å². The normalized spacial score (nSPS) is 17.9. The number of piperidine rings is 1. The molecule has 5 heteroatoms. The third kappa shape index (κ3) is 5.48. The van der Waals surface area contributed by atoms with Gasteiger partial charge < -0.3 is 10.1 Å². The Balaban J connectivity index is 1.44. The molecule has 1 aliphatic heterocycles. The van der Waals surface area contributed by atoms with Crippen molar-refractivity contribution in [3.05, 3.63) is 59.6 Å². The molecule has 1 heterocycles. The molecule has 2 aromatic rings. The predicted octanol–water partition coefficient (Wildman–Crippen LogP) is 4.07. The Hall–Kier alpha value is -2.04. The van der Waals surface area contributed by atoms with Crippen LogP contribution in [-0.2, 0) is 4.79 Å². The van der Waals surface area contributed by atoms with Gasteiger partial charge in [0.25, 0.3) is 0 Å². The van der Waals surface area contributed by atoms with Gasteiger partial charge in [-0.25, -0.2) is 0 Å². The summed E-state index contributed by atoms with van der Waals surface area (Å²) in [5.41, 5.74) is 0.857. The number of amides is 1. The van der Waals surface area contributed by atoms with Crippen LogP contribution in [0.1, 0.15) is 12.8 Å². The van der Waals surface area contributed by atoms with Crippen molar-refractivity contribution in [3.63, 3.8) is 0 Å². The molecule has 0 bridgehead atoms. The summed E-state index contributed by atoms with van der Waals surface area (Å²) in [4.78, 5) is 14.8. The van der Waals surface area contributed by atoms with Crippen LogP contribution >= 0.6 is 11.6 Å². The van der Waals surface area contributed by atoms with E-state index in [4.69, 9.17) is 16.3 Å². The van der Waals surface area contributed by atoms with Gasteiger partial charge in [-0.15, -0.1) is 0 Å². The fourth-order valence-corrected chi connectivity index (χ4v) is 3.19. The highest BCUT2D eigenvalue weighted by atomic mass is 35.5. The minimum Gasteiger partial charge on any atom is -0.492 e. The van der Waals surface area contributed by atoms with Gasteiger partial charge in [-0.05, 0) is 55.8 Å². The maximum atomic E-state index is 12.5. The first-order valence-electron chi connectivity index (χ1n) is 8.67. The molecule has 3 rings (SSSR count). The number of halogens is 1. The second-order valence-electron chi connectivity index (χ2n) is 6.30. The van der Waals surface area contributed by atoms with Crippen molar-refractivity contribution in [2.75, 3.05) is 31.6 Å². The van der Waals surface area contributed by atoms with E-state index in [0.29, 0.717) is 11.6 Å². The van der Waals surface area contributed by atoms with Crippen molar-refractivity contribution in [2.45, 2.75) is 12.8 Å². The van der Waals surface area contributed by atoms with Gasteiger partial charge in [0.15, 0.2) is 0 Å². The molecule has 1 aliphatic rings. The summed E-state index contributed by atoms with van der Waals surface area (Å²) in [5.74, 6) is 0.957. The van der Waals surface area contributed by atoms with Gasteiger partial charge in [0, 0.05) is 23.8 Å². The largest absolute Gasteiger partial charge is 0.492 e. The van der Waals surface area contributed by atoms with E-state index < -0.39 is 0 Å². The van der Waals surface area contributed by atoms with E-state index in [0.717, 1.165) is 43.9 Å². The number of rotatable bonds is 6. The van der Waals surface area contributed by atoms with Crippen molar-refractivity contribution < 1.29 is 9.53 Å². The number of anilines is 1. The maximum Gasteiger partial charge on any atom is 0.228 e. The van der Waals surface area contributed by atoms with Crippen molar-refractivity contribution >= 4 is 23.2 Å². The Kier molecular flexibility index (Phi) is 6.31. The summed E-state index contributed by atoms with van der Waals surface area (Å²) in [5, 5.41) is 3.71. The average Bonchev–Trinajstić information content (AvgIpc) is 2.64. The molecule has 0 aliphatic carbocycles. The quantitative estimate of drug-likeness (QED) is 0.846. The van der Waals surface area contributed by atoms with Crippen LogP contribution in [0.15, 0.2) is 54.6 Å². The standard InChI is InChI=1S/C20H23ClN2O2/c21-17-8-10-19(11-9-17)25-14-13-23-12-4-5-16(15-23)20(24)22-18-6-2-1-3-7-18/h1-3,6-11,16H,4-5,12-15H2,(H,22,24). The Morgan fingerprint density at radius 2 is 1.92 bits per heavy atom. The number of carbonyl (C=O) groups excluding carboxylic acids is 1.